The van der Waals surface area contributed by atoms with Crippen molar-refractivity contribution in [2.75, 3.05) is 0 Å². The van der Waals surface area contributed by atoms with Crippen LogP contribution < -0.4 is 11.0 Å². The molecule has 8 heteroatoms. The maximum atomic E-state index is 12.2. The number of H-pyrrole nitrogens is 1. The van der Waals surface area contributed by atoms with Gasteiger partial charge in [0.2, 0.25) is 5.91 Å². The number of amides is 1. The van der Waals surface area contributed by atoms with Gasteiger partial charge in [0.1, 0.15) is 22.2 Å². The Labute approximate surface area is 141 Å². The fourth-order valence-corrected chi connectivity index (χ4v) is 3.31. The van der Waals surface area contributed by atoms with Crippen LogP contribution in [0.15, 0.2) is 26.4 Å². The van der Waals surface area contributed by atoms with Crippen LogP contribution in [-0.2, 0) is 11.2 Å². The lowest BCUT2D eigenvalue weighted by atomic mass is 10.2. The summed E-state index contributed by atoms with van der Waals surface area (Å²) in [5.41, 5.74) is 3.09. The molecule has 2 N–H and O–H groups in total. The highest BCUT2D eigenvalue weighted by molar-refractivity contribution is 7.18. The molecule has 0 spiro atoms. The zero-order valence-electron chi connectivity index (χ0n) is 13.5. The second-order valence-electron chi connectivity index (χ2n) is 5.39. The number of furan rings is 1. The van der Waals surface area contributed by atoms with Crippen LogP contribution in [0.4, 0.5) is 0 Å². The minimum absolute atomic E-state index is 0.0598. The van der Waals surface area contributed by atoms with E-state index >= 15 is 0 Å². The van der Waals surface area contributed by atoms with Crippen LogP contribution >= 0.6 is 11.3 Å². The number of thiophene rings is 1. The van der Waals surface area contributed by atoms with Gasteiger partial charge in [-0.05, 0) is 38.5 Å². The third-order valence-corrected chi connectivity index (χ3v) is 4.66. The van der Waals surface area contributed by atoms with Gasteiger partial charge in [0.15, 0.2) is 0 Å². The van der Waals surface area contributed by atoms with E-state index in [0.717, 1.165) is 16.2 Å². The van der Waals surface area contributed by atoms with Crippen LogP contribution in [0.2, 0.25) is 0 Å². The zero-order valence-corrected chi connectivity index (χ0v) is 14.3. The Morgan fingerprint density at radius 3 is 2.92 bits per heavy atom. The smallest absolute Gasteiger partial charge is 0.259 e. The molecule has 0 saturated carbocycles. The van der Waals surface area contributed by atoms with Crippen molar-refractivity contribution in [1.29, 1.82) is 0 Å². The molecule has 0 bridgehead atoms. The molecule has 0 aromatic carbocycles. The fourth-order valence-electron chi connectivity index (χ4n) is 2.27. The lowest BCUT2D eigenvalue weighted by Crippen LogP contribution is -2.23. The van der Waals surface area contributed by atoms with Crippen molar-refractivity contribution in [2.24, 2.45) is 5.10 Å². The molecule has 7 nitrogen and oxygen atoms in total. The first-order valence-electron chi connectivity index (χ1n) is 7.31. The average molecular weight is 344 g/mol. The Kier molecular flexibility index (Phi) is 4.30. The van der Waals surface area contributed by atoms with E-state index in [0.29, 0.717) is 21.8 Å². The summed E-state index contributed by atoms with van der Waals surface area (Å²) in [5, 5.41) is 4.41. The number of nitrogens with one attached hydrogen (secondary N) is 2. The lowest BCUT2D eigenvalue weighted by molar-refractivity contribution is -0.120. The van der Waals surface area contributed by atoms with Crippen molar-refractivity contribution < 1.29 is 9.21 Å². The van der Waals surface area contributed by atoms with Gasteiger partial charge in [-0.15, -0.1) is 11.3 Å². The quantitative estimate of drug-likeness (QED) is 0.559. The van der Waals surface area contributed by atoms with E-state index in [1.807, 2.05) is 20.8 Å². The minimum Gasteiger partial charge on any atom is -0.460 e. The SMILES string of the molecule is Cc1ccc(/C=N/NC(=O)Cc2nc3sc(C)c(C)c3c(=O)[nH]2)o1. The van der Waals surface area contributed by atoms with E-state index in [2.05, 4.69) is 20.5 Å². The van der Waals surface area contributed by atoms with Crippen molar-refractivity contribution in [2.45, 2.75) is 27.2 Å². The van der Waals surface area contributed by atoms with Crippen molar-refractivity contribution in [3.05, 3.63) is 50.3 Å². The zero-order chi connectivity index (χ0) is 17.3. The van der Waals surface area contributed by atoms with Gasteiger partial charge >= 0.3 is 0 Å². The van der Waals surface area contributed by atoms with E-state index in [1.54, 1.807) is 12.1 Å². The second-order valence-corrected chi connectivity index (χ2v) is 6.60. The molecule has 0 fully saturated rings. The molecule has 3 rings (SSSR count). The van der Waals surface area contributed by atoms with Gasteiger partial charge in [0.05, 0.1) is 18.0 Å². The number of fused-ring (bicyclic) bond motifs is 1. The number of hydrogen-bond acceptors (Lipinski definition) is 6. The van der Waals surface area contributed by atoms with Gasteiger partial charge in [-0.25, -0.2) is 10.4 Å². The van der Waals surface area contributed by atoms with Gasteiger partial charge in [0, 0.05) is 4.88 Å². The number of rotatable bonds is 4. The van der Waals surface area contributed by atoms with Crippen molar-refractivity contribution in [3.8, 4) is 0 Å². The molecular formula is C16H16N4O3S. The molecule has 0 unspecified atom stereocenters. The number of aryl methyl sites for hydroxylation is 3. The molecule has 0 radical (unpaired) electrons. The molecule has 124 valence electrons. The van der Waals surface area contributed by atoms with Gasteiger partial charge < -0.3 is 9.40 Å². The standard InChI is InChI=1S/C16H16N4O3S/c1-8-4-5-11(23-8)7-17-20-13(21)6-12-18-15(22)14-9(2)10(3)24-16(14)19-12/h4-5,7H,6H2,1-3H3,(H,20,21)(H,18,19,22)/b17-7+. The van der Waals surface area contributed by atoms with E-state index < -0.39 is 0 Å². The molecule has 0 atom stereocenters. The molecular weight excluding hydrogens is 328 g/mol. The van der Waals surface area contributed by atoms with Crippen LogP contribution in [0.3, 0.4) is 0 Å². The predicted octanol–water partition coefficient (Wildman–Crippen LogP) is 2.20. The highest BCUT2D eigenvalue weighted by atomic mass is 32.1. The van der Waals surface area contributed by atoms with Crippen LogP contribution in [0, 0.1) is 20.8 Å². The topological polar surface area (TPSA) is 100 Å². The van der Waals surface area contributed by atoms with Crippen molar-refractivity contribution in [3.63, 3.8) is 0 Å². The number of nitrogens with zero attached hydrogens (tertiary/aromatic N) is 2. The summed E-state index contributed by atoms with van der Waals surface area (Å²) in [4.78, 5) is 32.8. The Morgan fingerprint density at radius 2 is 2.21 bits per heavy atom. The number of aromatic amines is 1. The van der Waals surface area contributed by atoms with Crippen LogP contribution in [-0.4, -0.2) is 22.1 Å². The molecule has 0 aliphatic rings. The fraction of sp³-hybridized carbons (Fsp3) is 0.250. The summed E-state index contributed by atoms with van der Waals surface area (Å²) in [6.45, 7) is 5.66. The van der Waals surface area contributed by atoms with E-state index in [1.165, 1.54) is 17.6 Å². The third kappa shape index (κ3) is 3.28. The van der Waals surface area contributed by atoms with Crippen LogP contribution in [0.5, 0.6) is 0 Å². The first-order chi connectivity index (χ1) is 11.4. The molecule has 3 heterocycles. The first-order valence-corrected chi connectivity index (χ1v) is 8.13. The average Bonchev–Trinajstić information content (AvgIpc) is 3.03. The molecule has 0 aliphatic heterocycles. The number of carbonyl (C=O) groups is 1. The Morgan fingerprint density at radius 1 is 1.42 bits per heavy atom. The summed E-state index contributed by atoms with van der Waals surface area (Å²) in [5.74, 6) is 1.25. The number of carbonyl (C=O) groups excluding carboxylic acids is 1. The van der Waals surface area contributed by atoms with Gasteiger partial charge in [-0.3, -0.25) is 9.59 Å². The van der Waals surface area contributed by atoms with Crippen molar-refractivity contribution >= 4 is 33.7 Å². The summed E-state index contributed by atoms with van der Waals surface area (Å²) >= 11 is 1.45. The van der Waals surface area contributed by atoms with E-state index in [-0.39, 0.29) is 17.9 Å². The summed E-state index contributed by atoms with van der Waals surface area (Å²) < 4.78 is 5.30. The number of hydrazone groups is 1. The maximum absolute atomic E-state index is 12.2. The summed E-state index contributed by atoms with van der Waals surface area (Å²) in [7, 11) is 0. The summed E-state index contributed by atoms with van der Waals surface area (Å²) in [6.07, 6.45) is 1.35. The van der Waals surface area contributed by atoms with Crippen LogP contribution in [0.25, 0.3) is 10.2 Å². The Hall–Kier alpha value is -2.74. The lowest BCUT2D eigenvalue weighted by Gasteiger charge is -2.00. The van der Waals surface area contributed by atoms with Gasteiger partial charge in [0.25, 0.3) is 5.56 Å². The number of aromatic nitrogens is 2. The Bertz CT molecular complexity index is 997. The molecule has 3 aromatic rings. The van der Waals surface area contributed by atoms with E-state index in [9.17, 15) is 9.59 Å². The molecule has 1 amide bonds. The molecule has 0 aliphatic carbocycles. The van der Waals surface area contributed by atoms with Gasteiger partial charge in [-0.2, -0.15) is 5.10 Å². The van der Waals surface area contributed by atoms with E-state index in [4.69, 9.17) is 4.42 Å². The second kappa shape index (κ2) is 6.40. The van der Waals surface area contributed by atoms with Crippen molar-refractivity contribution in [1.82, 2.24) is 15.4 Å². The number of hydrogen-bond donors (Lipinski definition) is 2. The Balaban J connectivity index is 1.71. The minimum atomic E-state index is -0.373. The highest BCUT2D eigenvalue weighted by Crippen LogP contribution is 2.25. The maximum Gasteiger partial charge on any atom is 0.259 e. The van der Waals surface area contributed by atoms with Crippen LogP contribution in [0.1, 0.15) is 27.8 Å². The third-order valence-electron chi connectivity index (χ3n) is 3.56. The molecule has 24 heavy (non-hydrogen) atoms. The molecule has 0 saturated heterocycles. The predicted molar refractivity (Wildman–Crippen MR) is 92.6 cm³/mol. The largest absolute Gasteiger partial charge is 0.460 e. The first kappa shape index (κ1) is 16.1. The normalized spacial score (nSPS) is 11.5. The van der Waals surface area contributed by atoms with Gasteiger partial charge in [-0.1, -0.05) is 0 Å². The summed E-state index contributed by atoms with van der Waals surface area (Å²) in [6, 6.07) is 3.55. The highest BCUT2D eigenvalue weighted by Gasteiger charge is 2.13. The molecule has 3 aromatic heterocycles. The monoisotopic (exact) mass is 344 g/mol.